The molecule has 1 fully saturated rings. The first-order chi connectivity index (χ1) is 18.1. The summed E-state index contributed by atoms with van der Waals surface area (Å²) >= 11 is 0. The highest BCUT2D eigenvalue weighted by molar-refractivity contribution is 6.24. The third-order valence-electron chi connectivity index (χ3n) is 8.60. The second-order valence-electron chi connectivity index (χ2n) is 10.8. The van der Waals surface area contributed by atoms with Gasteiger partial charge in [0.1, 0.15) is 22.8 Å². The van der Waals surface area contributed by atoms with E-state index < -0.39 is 93.1 Å². The van der Waals surface area contributed by atoms with Crippen LogP contribution in [0, 0.1) is 11.8 Å². The summed E-state index contributed by atoms with van der Waals surface area (Å²) < 4.78 is 43.5. The smallest absolute Gasteiger partial charge is 0.417 e. The van der Waals surface area contributed by atoms with Gasteiger partial charge in [-0.25, -0.2) is 0 Å². The van der Waals surface area contributed by atoms with Gasteiger partial charge in [0, 0.05) is 30.1 Å². The number of halogens is 3. The van der Waals surface area contributed by atoms with Gasteiger partial charge in [-0.2, -0.15) is 13.2 Å². The summed E-state index contributed by atoms with van der Waals surface area (Å²) in [6.45, 7) is 2.11. The van der Waals surface area contributed by atoms with Gasteiger partial charge in [0.05, 0.1) is 17.2 Å². The van der Waals surface area contributed by atoms with Crippen LogP contribution in [0.5, 0.6) is 5.75 Å². The van der Waals surface area contributed by atoms with E-state index in [2.05, 4.69) is 0 Å². The number of Topliss-reactive ketones (excluding diaryl/α,β-unsaturated/α-hetero) is 2. The number of likely N-dealkylation sites (N-methyl/N-ethyl adjacent to an activating group) is 1. The number of aliphatic hydroxyl groups is 3. The molecule has 0 bridgehead atoms. The number of nitrogens with two attached hydrogens (primary N) is 1. The maximum atomic E-state index is 14.5. The first-order valence-corrected chi connectivity index (χ1v) is 12.4. The zero-order valence-corrected chi connectivity index (χ0v) is 21.4. The number of aliphatic hydroxyl groups excluding tert-OH is 2. The average molecular weight is 552 g/mol. The van der Waals surface area contributed by atoms with E-state index in [-0.39, 0.29) is 36.2 Å². The number of fused-ring (bicyclic) bond motifs is 4. The number of primary amides is 1. The first kappa shape index (κ1) is 27.2. The predicted octanol–water partition coefficient (Wildman–Crippen LogP) is 1.32. The summed E-state index contributed by atoms with van der Waals surface area (Å²) in [5, 5.41) is 44.9. The second-order valence-corrected chi connectivity index (χ2v) is 10.8. The van der Waals surface area contributed by atoms with Crippen molar-refractivity contribution >= 4 is 23.2 Å². The average Bonchev–Trinajstić information content (AvgIpc) is 3.24. The molecule has 1 aromatic rings. The summed E-state index contributed by atoms with van der Waals surface area (Å²) in [5.41, 5.74) is -1.03. The van der Waals surface area contributed by atoms with E-state index in [0.29, 0.717) is 6.54 Å². The molecule has 39 heavy (non-hydrogen) atoms. The van der Waals surface area contributed by atoms with Gasteiger partial charge in [0.25, 0.3) is 5.91 Å². The van der Waals surface area contributed by atoms with Crippen LogP contribution in [0.25, 0.3) is 5.76 Å². The highest BCUT2D eigenvalue weighted by atomic mass is 19.4. The largest absolute Gasteiger partial charge is 0.508 e. The topological polar surface area (TPSA) is 165 Å². The number of aromatic hydroxyl groups is 1. The van der Waals surface area contributed by atoms with Crippen molar-refractivity contribution in [2.45, 2.75) is 50.7 Å². The van der Waals surface area contributed by atoms with Crippen molar-refractivity contribution in [3.63, 3.8) is 0 Å². The van der Waals surface area contributed by atoms with Gasteiger partial charge in [0.15, 0.2) is 11.4 Å². The van der Waals surface area contributed by atoms with Crippen LogP contribution < -0.4 is 5.73 Å². The van der Waals surface area contributed by atoms with Crippen LogP contribution >= 0.6 is 0 Å². The normalized spacial score (nSPS) is 29.0. The Hall–Kier alpha value is -3.42. The lowest BCUT2D eigenvalue weighted by atomic mass is 9.57. The van der Waals surface area contributed by atoms with Gasteiger partial charge in [-0.15, -0.1) is 0 Å². The molecule has 4 aliphatic rings. The van der Waals surface area contributed by atoms with Gasteiger partial charge in [-0.05, 0) is 50.5 Å². The fraction of sp³-hybridized carbons (Fsp3) is 0.500. The Labute approximate surface area is 220 Å². The maximum Gasteiger partial charge on any atom is 0.417 e. The standard InChI is InChI=1S/C26H28F3N3O7/c1-4-32-7-11-12(8-32)19(33)15-10(17(11)26(27,28)29)5-9-6-13-18(31(2)3)21(35)16(24(30)38)23(37)25(13,39)22(36)14(9)20(15)34/h9,13,18,33-34,37,39H,4-8H2,1-3H3,(H2,30,38)/t9-,13-,18-,25-/m0/s1. The molecule has 10 nitrogen and oxygen atoms in total. The number of rotatable bonds is 3. The number of amides is 1. The van der Waals surface area contributed by atoms with E-state index in [1.807, 2.05) is 0 Å². The van der Waals surface area contributed by atoms with E-state index in [9.17, 15) is 48.0 Å². The summed E-state index contributed by atoms with van der Waals surface area (Å²) in [4.78, 5) is 42.1. The van der Waals surface area contributed by atoms with Crippen LogP contribution in [0.2, 0.25) is 0 Å². The Morgan fingerprint density at radius 3 is 2.28 bits per heavy atom. The van der Waals surface area contributed by atoms with E-state index in [1.165, 1.54) is 19.0 Å². The van der Waals surface area contributed by atoms with E-state index in [1.54, 1.807) is 11.8 Å². The monoisotopic (exact) mass is 551 g/mol. The number of carbonyl (C=O) groups is 3. The Morgan fingerprint density at radius 2 is 1.74 bits per heavy atom. The van der Waals surface area contributed by atoms with Gasteiger partial charge in [-0.3, -0.25) is 24.2 Å². The SMILES string of the molecule is CCN1Cc2c(O)c3c(c(C(F)(F)F)c2C1)C[C@H]1C[C@H]2[C@H](N(C)C)C(=O)C(C(N)=O)=C(O)[C@@]2(O)C(=O)C1=C3O. The lowest BCUT2D eigenvalue weighted by Gasteiger charge is -2.50. The van der Waals surface area contributed by atoms with Gasteiger partial charge >= 0.3 is 6.18 Å². The minimum atomic E-state index is -4.84. The van der Waals surface area contributed by atoms with Crippen molar-refractivity contribution in [1.29, 1.82) is 0 Å². The molecule has 1 saturated carbocycles. The third-order valence-corrected chi connectivity index (χ3v) is 8.60. The fourth-order valence-corrected chi connectivity index (χ4v) is 6.90. The number of hydrogen-bond acceptors (Lipinski definition) is 9. The molecule has 1 aliphatic heterocycles. The van der Waals surface area contributed by atoms with Crippen molar-refractivity contribution in [2.24, 2.45) is 17.6 Å². The van der Waals surface area contributed by atoms with E-state index in [4.69, 9.17) is 5.73 Å². The molecule has 1 amide bonds. The molecule has 5 rings (SSSR count). The Kier molecular flexibility index (Phi) is 5.95. The minimum absolute atomic E-state index is 0.00183. The molecule has 210 valence electrons. The quantitative estimate of drug-likeness (QED) is 0.349. The number of benzene rings is 1. The van der Waals surface area contributed by atoms with Crippen LogP contribution in [-0.4, -0.2) is 80.0 Å². The second kappa shape index (κ2) is 8.54. The highest BCUT2D eigenvalue weighted by Gasteiger charge is 2.64. The van der Waals surface area contributed by atoms with Crippen molar-refractivity contribution < 1.29 is 48.0 Å². The van der Waals surface area contributed by atoms with Gasteiger partial charge in [-0.1, -0.05) is 6.92 Å². The molecule has 13 heteroatoms. The lowest BCUT2D eigenvalue weighted by Crippen LogP contribution is -2.65. The maximum absolute atomic E-state index is 14.5. The van der Waals surface area contributed by atoms with Crippen LogP contribution in [0.4, 0.5) is 13.2 Å². The first-order valence-electron chi connectivity index (χ1n) is 12.4. The van der Waals surface area contributed by atoms with Crippen LogP contribution in [0.1, 0.15) is 41.2 Å². The van der Waals surface area contributed by atoms with Crippen molar-refractivity contribution in [3.05, 3.63) is 44.7 Å². The Bertz CT molecular complexity index is 1410. The molecule has 0 aromatic heterocycles. The molecule has 0 unspecified atom stereocenters. The predicted molar refractivity (Wildman–Crippen MR) is 129 cm³/mol. The number of carbonyl (C=O) groups excluding carboxylic acids is 3. The molecule has 0 spiro atoms. The summed E-state index contributed by atoms with van der Waals surface area (Å²) in [6, 6.07) is -1.32. The summed E-state index contributed by atoms with van der Waals surface area (Å²) in [6.07, 6.45) is -5.55. The molecule has 3 aliphatic carbocycles. The zero-order chi connectivity index (χ0) is 28.9. The molecule has 1 heterocycles. The molecule has 0 saturated heterocycles. The fourth-order valence-electron chi connectivity index (χ4n) is 6.90. The van der Waals surface area contributed by atoms with E-state index in [0.717, 1.165) is 0 Å². The highest BCUT2D eigenvalue weighted by Crippen LogP contribution is 2.56. The zero-order valence-electron chi connectivity index (χ0n) is 21.4. The molecule has 1 aromatic carbocycles. The number of phenols is 1. The molecule has 6 N–H and O–H groups in total. The lowest BCUT2D eigenvalue weighted by molar-refractivity contribution is -0.153. The Balaban J connectivity index is 1.78. The molecule has 4 atom stereocenters. The summed E-state index contributed by atoms with van der Waals surface area (Å²) in [7, 11) is 2.88. The number of phenolic OH excluding ortho intramolecular Hbond substituents is 1. The van der Waals surface area contributed by atoms with Crippen LogP contribution in [0.15, 0.2) is 16.9 Å². The number of ketones is 2. The number of hydrogen-bond donors (Lipinski definition) is 5. The number of alkyl halides is 3. The minimum Gasteiger partial charge on any atom is -0.508 e. The van der Waals surface area contributed by atoms with Gasteiger partial charge < -0.3 is 26.2 Å². The molecule has 0 radical (unpaired) electrons. The van der Waals surface area contributed by atoms with E-state index >= 15 is 0 Å². The molecular formula is C26H28F3N3O7. The van der Waals surface area contributed by atoms with Crippen molar-refractivity contribution in [1.82, 2.24) is 9.80 Å². The van der Waals surface area contributed by atoms with Gasteiger partial charge in [0.2, 0.25) is 5.78 Å². The van der Waals surface area contributed by atoms with Crippen molar-refractivity contribution in [3.8, 4) is 5.75 Å². The number of nitrogens with zero attached hydrogens (tertiary/aromatic N) is 2. The summed E-state index contributed by atoms with van der Waals surface area (Å²) in [5.74, 6) is -8.82. The molecular weight excluding hydrogens is 523 g/mol. The van der Waals surface area contributed by atoms with Crippen LogP contribution in [0.3, 0.4) is 0 Å². The third kappa shape index (κ3) is 3.49. The van der Waals surface area contributed by atoms with Crippen LogP contribution in [-0.2, 0) is 40.1 Å². The Morgan fingerprint density at radius 1 is 1.13 bits per heavy atom. The van der Waals surface area contributed by atoms with Crippen molar-refractivity contribution in [2.75, 3.05) is 20.6 Å².